The number of carboxylic acid groups (broad SMARTS) is 1. The van der Waals surface area contributed by atoms with E-state index in [1.807, 2.05) is 6.07 Å². The molecule has 1 aromatic heterocycles. The van der Waals surface area contributed by atoms with Gasteiger partial charge in [0.1, 0.15) is 5.76 Å². The lowest BCUT2D eigenvalue weighted by atomic mass is 9.94. The Morgan fingerprint density at radius 3 is 2.67 bits per heavy atom. The Labute approximate surface area is 105 Å². The summed E-state index contributed by atoms with van der Waals surface area (Å²) < 4.78 is 5.11. The Hall–Kier alpha value is -1.98. The molecule has 0 aromatic carbocycles. The molecule has 0 aliphatic heterocycles. The molecule has 6 heteroatoms. The molecule has 1 rings (SSSR count). The van der Waals surface area contributed by atoms with E-state index in [2.05, 4.69) is 10.6 Å². The smallest absolute Gasteiger partial charge is 0.314 e. The average Bonchev–Trinajstić information content (AvgIpc) is 2.79. The molecule has 0 aliphatic carbocycles. The molecular weight excluding hydrogens is 236 g/mol. The number of carboxylic acids is 1. The van der Waals surface area contributed by atoms with Crippen molar-refractivity contribution in [2.45, 2.75) is 20.3 Å². The molecule has 0 unspecified atom stereocenters. The van der Waals surface area contributed by atoms with Crippen LogP contribution < -0.4 is 10.6 Å². The van der Waals surface area contributed by atoms with Crippen LogP contribution in [0.2, 0.25) is 0 Å². The Morgan fingerprint density at radius 1 is 1.39 bits per heavy atom. The summed E-state index contributed by atoms with van der Waals surface area (Å²) >= 11 is 0. The van der Waals surface area contributed by atoms with Gasteiger partial charge in [0.15, 0.2) is 0 Å². The third kappa shape index (κ3) is 4.48. The quantitative estimate of drug-likeness (QED) is 0.712. The van der Waals surface area contributed by atoms with Crippen LogP contribution in [0.25, 0.3) is 0 Å². The number of carbonyl (C=O) groups is 2. The standard InChI is InChI=1S/C12H18N2O4/c1-12(2,10(15)16)8-14-11(17)13-6-5-9-4-3-7-18-9/h3-4,7H,5-6,8H2,1-2H3,(H,15,16)(H2,13,14,17). The molecule has 6 nitrogen and oxygen atoms in total. The zero-order valence-electron chi connectivity index (χ0n) is 10.5. The maximum atomic E-state index is 11.4. The van der Waals surface area contributed by atoms with E-state index in [9.17, 15) is 9.59 Å². The van der Waals surface area contributed by atoms with E-state index in [-0.39, 0.29) is 12.6 Å². The van der Waals surface area contributed by atoms with Crippen molar-refractivity contribution in [3.63, 3.8) is 0 Å². The van der Waals surface area contributed by atoms with Gasteiger partial charge in [-0.05, 0) is 26.0 Å². The molecule has 0 saturated heterocycles. The Morgan fingerprint density at radius 2 is 2.11 bits per heavy atom. The lowest BCUT2D eigenvalue weighted by Gasteiger charge is -2.19. The van der Waals surface area contributed by atoms with Crippen LogP contribution in [-0.2, 0) is 11.2 Å². The predicted octanol–water partition coefficient (Wildman–Crippen LogP) is 1.23. The minimum absolute atomic E-state index is 0.0783. The third-order valence-corrected chi connectivity index (χ3v) is 2.51. The fourth-order valence-corrected chi connectivity index (χ4v) is 1.19. The van der Waals surface area contributed by atoms with Gasteiger partial charge in [-0.25, -0.2) is 4.79 Å². The predicted molar refractivity (Wildman–Crippen MR) is 65.2 cm³/mol. The molecule has 0 atom stereocenters. The van der Waals surface area contributed by atoms with Gasteiger partial charge in [0, 0.05) is 19.5 Å². The van der Waals surface area contributed by atoms with Gasteiger partial charge in [-0.1, -0.05) is 0 Å². The molecule has 0 bridgehead atoms. The Bertz CT molecular complexity index is 398. The van der Waals surface area contributed by atoms with Crippen molar-refractivity contribution in [3.05, 3.63) is 24.2 Å². The summed E-state index contributed by atoms with van der Waals surface area (Å²) in [4.78, 5) is 22.2. The highest BCUT2D eigenvalue weighted by molar-refractivity contribution is 5.77. The summed E-state index contributed by atoms with van der Waals surface area (Å²) in [5, 5.41) is 14.0. The molecule has 18 heavy (non-hydrogen) atoms. The fraction of sp³-hybridized carbons (Fsp3) is 0.500. The number of hydrogen-bond donors (Lipinski definition) is 3. The molecular formula is C12H18N2O4. The number of furan rings is 1. The summed E-state index contributed by atoms with van der Waals surface area (Å²) in [6, 6.07) is 3.23. The molecule has 0 spiro atoms. The van der Waals surface area contributed by atoms with E-state index in [4.69, 9.17) is 9.52 Å². The average molecular weight is 254 g/mol. The van der Waals surface area contributed by atoms with Gasteiger partial charge < -0.3 is 20.2 Å². The number of hydrogen-bond acceptors (Lipinski definition) is 3. The van der Waals surface area contributed by atoms with Crippen molar-refractivity contribution in [3.8, 4) is 0 Å². The monoisotopic (exact) mass is 254 g/mol. The Balaban J connectivity index is 2.20. The van der Waals surface area contributed by atoms with Gasteiger partial charge in [-0.15, -0.1) is 0 Å². The minimum Gasteiger partial charge on any atom is -0.481 e. The number of urea groups is 1. The van der Waals surface area contributed by atoms with Crippen LogP contribution in [0.3, 0.4) is 0 Å². The van der Waals surface area contributed by atoms with Crippen molar-refractivity contribution in [1.82, 2.24) is 10.6 Å². The summed E-state index contributed by atoms with van der Waals surface area (Å²) in [5.41, 5.74) is -0.974. The second-order valence-electron chi connectivity index (χ2n) is 4.63. The first-order valence-corrected chi connectivity index (χ1v) is 5.69. The summed E-state index contributed by atoms with van der Waals surface area (Å²) in [6.07, 6.45) is 2.17. The van der Waals surface area contributed by atoms with Crippen LogP contribution in [0, 0.1) is 5.41 Å². The van der Waals surface area contributed by atoms with Crippen LogP contribution in [0.1, 0.15) is 19.6 Å². The highest BCUT2D eigenvalue weighted by Gasteiger charge is 2.27. The molecule has 0 fully saturated rings. The molecule has 100 valence electrons. The molecule has 0 aliphatic rings. The second-order valence-corrected chi connectivity index (χ2v) is 4.63. The van der Waals surface area contributed by atoms with E-state index in [0.717, 1.165) is 5.76 Å². The zero-order valence-corrected chi connectivity index (χ0v) is 10.5. The molecule has 0 radical (unpaired) electrons. The first-order valence-electron chi connectivity index (χ1n) is 5.69. The Kier molecular flexibility index (Phi) is 4.76. The summed E-state index contributed by atoms with van der Waals surface area (Å²) in [6.45, 7) is 3.62. The first-order chi connectivity index (χ1) is 8.42. The summed E-state index contributed by atoms with van der Waals surface area (Å²) in [5.74, 6) is -0.153. The zero-order chi connectivity index (χ0) is 13.6. The van der Waals surface area contributed by atoms with E-state index >= 15 is 0 Å². The SMILES string of the molecule is CC(C)(CNC(=O)NCCc1ccco1)C(=O)O. The maximum Gasteiger partial charge on any atom is 0.314 e. The molecule has 1 heterocycles. The van der Waals surface area contributed by atoms with E-state index in [0.29, 0.717) is 13.0 Å². The second kappa shape index (κ2) is 6.09. The lowest BCUT2D eigenvalue weighted by molar-refractivity contribution is -0.146. The number of amides is 2. The highest BCUT2D eigenvalue weighted by Crippen LogP contribution is 2.12. The van der Waals surface area contributed by atoms with Crippen molar-refractivity contribution in [2.75, 3.05) is 13.1 Å². The van der Waals surface area contributed by atoms with Crippen LogP contribution in [0.5, 0.6) is 0 Å². The molecule has 2 amide bonds. The van der Waals surface area contributed by atoms with Crippen LogP contribution in [-0.4, -0.2) is 30.2 Å². The molecule has 1 aromatic rings. The van der Waals surface area contributed by atoms with Crippen LogP contribution in [0.4, 0.5) is 4.79 Å². The topological polar surface area (TPSA) is 91.6 Å². The summed E-state index contributed by atoms with van der Waals surface area (Å²) in [7, 11) is 0. The van der Waals surface area contributed by atoms with Crippen molar-refractivity contribution < 1.29 is 19.1 Å². The number of rotatable bonds is 6. The third-order valence-electron chi connectivity index (χ3n) is 2.51. The van der Waals surface area contributed by atoms with Crippen molar-refractivity contribution in [2.24, 2.45) is 5.41 Å². The van der Waals surface area contributed by atoms with Gasteiger partial charge >= 0.3 is 12.0 Å². The lowest BCUT2D eigenvalue weighted by Crippen LogP contribution is -2.43. The largest absolute Gasteiger partial charge is 0.481 e. The number of aliphatic carboxylic acids is 1. The van der Waals surface area contributed by atoms with Gasteiger partial charge in [0.2, 0.25) is 0 Å². The van der Waals surface area contributed by atoms with E-state index < -0.39 is 11.4 Å². The number of nitrogens with one attached hydrogen (secondary N) is 2. The fourth-order valence-electron chi connectivity index (χ4n) is 1.19. The van der Waals surface area contributed by atoms with Gasteiger partial charge in [0.25, 0.3) is 0 Å². The van der Waals surface area contributed by atoms with Gasteiger partial charge in [-0.2, -0.15) is 0 Å². The van der Waals surface area contributed by atoms with E-state index in [1.165, 1.54) is 0 Å². The van der Waals surface area contributed by atoms with Crippen LogP contribution in [0.15, 0.2) is 22.8 Å². The van der Waals surface area contributed by atoms with Crippen molar-refractivity contribution in [1.29, 1.82) is 0 Å². The first kappa shape index (κ1) is 14.1. The molecule has 3 N–H and O–H groups in total. The normalized spacial score (nSPS) is 11.0. The van der Waals surface area contributed by atoms with Crippen molar-refractivity contribution >= 4 is 12.0 Å². The minimum atomic E-state index is -0.974. The maximum absolute atomic E-state index is 11.4. The van der Waals surface area contributed by atoms with Gasteiger partial charge in [0.05, 0.1) is 11.7 Å². The number of carbonyl (C=O) groups excluding carboxylic acids is 1. The molecule has 0 saturated carbocycles. The van der Waals surface area contributed by atoms with Gasteiger partial charge in [-0.3, -0.25) is 4.79 Å². The van der Waals surface area contributed by atoms with Crippen LogP contribution >= 0.6 is 0 Å². The highest BCUT2D eigenvalue weighted by atomic mass is 16.4. The van der Waals surface area contributed by atoms with E-state index in [1.54, 1.807) is 26.2 Å².